The molecule has 1 N–H and O–H groups in total. The maximum Gasteiger partial charge on any atom is 0.335 e. The lowest BCUT2D eigenvalue weighted by Gasteiger charge is -2.05. The molecule has 0 amide bonds. The van der Waals surface area contributed by atoms with Crippen LogP contribution in [-0.4, -0.2) is 23.0 Å². The fraction of sp³-hybridized carbons (Fsp3) is 0.333. The minimum Gasteiger partial charge on any atom is -0.469 e. The largest absolute Gasteiger partial charge is 0.469 e. The highest BCUT2D eigenvalue weighted by Gasteiger charge is 2.24. The van der Waals surface area contributed by atoms with Gasteiger partial charge in [-0.25, -0.2) is 8.78 Å². The summed E-state index contributed by atoms with van der Waals surface area (Å²) in [6, 6.07) is 0.434. The molecule has 18 heavy (non-hydrogen) atoms. The highest BCUT2D eigenvalue weighted by molar-refractivity contribution is 5.73. The summed E-state index contributed by atoms with van der Waals surface area (Å²) in [5.41, 5.74) is -3.42. The van der Waals surface area contributed by atoms with Gasteiger partial charge in [0.05, 0.1) is 24.1 Å². The summed E-state index contributed by atoms with van der Waals surface area (Å²) in [4.78, 5) is 33.9. The number of esters is 1. The molecule has 0 aliphatic carbocycles. The highest BCUT2D eigenvalue weighted by Crippen LogP contribution is 2.19. The van der Waals surface area contributed by atoms with Gasteiger partial charge in [-0.15, -0.1) is 0 Å². The Labute approximate surface area is 98.5 Å². The van der Waals surface area contributed by atoms with E-state index in [9.17, 15) is 28.5 Å². The van der Waals surface area contributed by atoms with Crippen LogP contribution < -0.4 is 5.43 Å². The first-order valence-corrected chi connectivity index (χ1v) is 4.62. The van der Waals surface area contributed by atoms with E-state index in [4.69, 9.17) is 0 Å². The topological polar surface area (TPSA) is 102 Å². The third kappa shape index (κ3) is 2.87. The van der Waals surface area contributed by atoms with Gasteiger partial charge in [0.1, 0.15) is 5.69 Å². The van der Waals surface area contributed by atoms with Crippen molar-refractivity contribution in [3.05, 3.63) is 37.8 Å². The zero-order valence-electron chi connectivity index (χ0n) is 9.11. The molecule has 0 spiro atoms. The normalized spacial score (nSPS) is 10.4. The van der Waals surface area contributed by atoms with E-state index in [1.165, 1.54) is 0 Å². The van der Waals surface area contributed by atoms with Gasteiger partial charge < -0.3 is 9.72 Å². The van der Waals surface area contributed by atoms with Crippen molar-refractivity contribution in [3.8, 4) is 0 Å². The summed E-state index contributed by atoms with van der Waals surface area (Å²) in [7, 11) is 1.03. The van der Waals surface area contributed by atoms with Crippen LogP contribution in [0, 0.1) is 10.1 Å². The molecule has 7 nitrogen and oxygen atoms in total. The van der Waals surface area contributed by atoms with Gasteiger partial charge in [-0.2, -0.15) is 0 Å². The Kier molecular flexibility index (Phi) is 4.08. The summed E-state index contributed by atoms with van der Waals surface area (Å²) in [5, 5.41) is 10.6. The van der Waals surface area contributed by atoms with Gasteiger partial charge in [-0.05, 0) is 0 Å². The van der Waals surface area contributed by atoms with Crippen LogP contribution >= 0.6 is 0 Å². The lowest BCUT2D eigenvalue weighted by Crippen LogP contribution is -2.17. The SMILES string of the molecule is COC(=O)Cc1[nH]c(C(F)F)cc(=O)c1[N+](=O)[O-]. The van der Waals surface area contributed by atoms with Crippen LogP contribution in [-0.2, 0) is 16.0 Å². The number of halogens is 2. The maximum atomic E-state index is 12.4. The molecule has 0 aromatic carbocycles. The minimum atomic E-state index is -3.00. The van der Waals surface area contributed by atoms with Crippen LogP contribution in [0.1, 0.15) is 17.8 Å². The van der Waals surface area contributed by atoms with Crippen molar-refractivity contribution in [1.29, 1.82) is 0 Å². The molecule has 0 aliphatic heterocycles. The van der Waals surface area contributed by atoms with E-state index in [-0.39, 0.29) is 0 Å². The molecule has 0 radical (unpaired) electrons. The van der Waals surface area contributed by atoms with Crippen LogP contribution in [0.15, 0.2) is 10.9 Å². The number of hydrogen-bond acceptors (Lipinski definition) is 5. The number of nitro groups is 1. The average molecular weight is 262 g/mol. The van der Waals surface area contributed by atoms with Gasteiger partial charge in [0, 0.05) is 6.07 Å². The number of rotatable bonds is 4. The number of nitrogens with one attached hydrogen (secondary N) is 1. The molecule has 98 valence electrons. The van der Waals surface area contributed by atoms with Crippen molar-refractivity contribution in [2.75, 3.05) is 7.11 Å². The lowest BCUT2D eigenvalue weighted by molar-refractivity contribution is -0.387. The van der Waals surface area contributed by atoms with E-state index in [2.05, 4.69) is 4.74 Å². The van der Waals surface area contributed by atoms with E-state index in [1.807, 2.05) is 4.98 Å². The van der Waals surface area contributed by atoms with Gasteiger partial charge in [-0.3, -0.25) is 19.7 Å². The molecule has 1 heterocycles. The standard InChI is InChI=1S/C9H8F2N2O5/c1-18-7(15)3-4-8(13(16)17)6(14)2-5(12-4)9(10)11/h2,9H,3H2,1H3,(H,12,14). The monoisotopic (exact) mass is 262 g/mol. The molecule has 0 saturated carbocycles. The van der Waals surface area contributed by atoms with Crippen LogP contribution in [0.2, 0.25) is 0 Å². The number of carbonyl (C=O) groups excluding carboxylic acids is 1. The van der Waals surface area contributed by atoms with E-state index in [0.29, 0.717) is 6.07 Å². The predicted molar refractivity (Wildman–Crippen MR) is 54.4 cm³/mol. The number of aromatic nitrogens is 1. The number of alkyl halides is 2. The lowest BCUT2D eigenvalue weighted by atomic mass is 10.2. The van der Waals surface area contributed by atoms with Crippen LogP contribution in [0.4, 0.5) is 14.5 Å². The quantitative estimate of drug-likeness (QED) is 0.494. The van der Waals surface area contributed by atoms with Crippen LogP contribution in [0.3, 0.4) is 0 Å². The second-order valence-corrected chi connectivity index (χ2v) is 3.23. The number of aromatic amines is 1. The van der Waals surface area contributed by atoms with E-state index < -0.39 is 46.2 Å². The molecular formula is C9H8F2N2O5. The first-order chi connectivity index (χ1) is 8.36. The molecule has 0 fully saturated rings. The molecule has 9 heteroatoms. The Balaban J connectivity index is 3.38. The summed E-state index contributed by atoms with van der Waals surface area (Å²) < 4.78 is 29.1. The predicted octanol–water partition coefficient (Wildman–Crippen LogP) is 0.936. The van der Waals surface area contributed by atoms with Crippen molar-refractivity contribution < 1.29 is 23.2 Å². The molecule has 1 aromatic rings. The Bertz CT molecular complexity index is 540. The molecule has 1 aromatic heterocycles. The van der Waals surface area contributed by atoms with Crippen molar-refractivity contribution >= 4 is 11.7 Å². The molecule has 0 aliphatic rings. The Morgan fingerprint density at radius 1 is 1.61 bits per heavy atom. The van der Waals surface area contributed by atoms with Crippen molar-refractivity contribution in [2.45, 2.75) is 12.8 Å². The summed E-state index contributed by atoms with van der Waals surface area (Å²) >= 11 is 0. The Morgan fingerprint density at radius 2 is 2.22 bits per heavy atom. The summed E-state index contributed by atoms with van der Waals surface area (Å²) in [5.74, 6) is -0.889. The summed E-state index contributed by atoms with van der Waals surface area (Å²) in [6.07, 6.45) is -3.67. The second kappa shape index (κ2) is 5.34. The number of nitrogens with zero attached hydrogens (tertiary/aromatic N) is 1. The number of ether oxygens (including phenoxy) is 1. The van der Waals surface area contributed by atoms with E-state index in [0.717, 1.165) is 7.11 Å². The molecule has 0 unspecified atom stereocenters. The molecule has 1 rings (SSSR count). The van der Waals surface area contributed by atoms with Crippen LogP contribution in [0.25, 0.3) is 0 Å². The van der Waals surface area contributed by atoms with Gasteiger partial charge in [0.15, 0.2) is 0 Å². The third-order valence-electron chi connectivity index (χ3n) is 2.07. The highest BCUT2D eigenvalue weighted by atomic mass is 19.3. The first kappa shape index (κ1) is 13.7. The van der Waals surface area contributed by atoms with Crippen molar-refractivity contribution in [3.63, 3.8) is 0 Å². The third-order valence-corrected chi connectivity index (χ3v) is 2.07. The van der Waals surface area contributed by atoms with E-state index in [1.54, 1.807) is 0 Å². The maximum absolute atomic E-state index is 12.4. The second-order valence-electron chi connectivity index (χ2n) is 3.23. The van der Waals surface area contributed by atoms with Gasteiger partial charge in [0.2, 0.25) is 0 Å². The first-order valence-electron chi connectivity index (χ1n) is 4.62. The number of hydrogen-bond donors (Lipinski definition) is 1. The van der Waals surface area contributed by atoms with Gasteiger partial charge >= 0.3 is 11.7 Å². The zero-order valence-corrected chi connectivity index (χ0v) is 9.11. The molecule has 0 atom stereocenters. The van der Waals surface area contributed by atoms with Gasteiger partial charge in [-0.1, -0.05) is 0 Å². The summed E-state index contributed by atoms with van der Waals surface area (Å²) in [6.45, 7) is 0. The van der Waals surface area contributed by atoms with E-state index >= 15 is 0 Å². The molecule has 0 saturated heterocycles. The van der Waals surface area contributed by atoms with Crippen LogP contribution in [0.5, 0.6) is 0 Å². The zero-order chi connectivity index (χ0) is 13.9. The van der Waals surface area contributed by atoms with Crippen molar-refractivity contribution in [2.24, 2.45) is 0 Å². The molecular weight excluding hydrogens is 254 g/mol. The number of carbonyl (C=O) groups is 1. The number of pyridine rings is 1. The number of methoxy groups -OCH3 is 1. The smallest absolute Gasteiger partial charge is 0.335 e. The Morgan fingerprint density at radius 3 is 2.67 bits per heavy atom. The molecule has 0 bridgehead atoms. The Hall–Kier alpha value is -2.32. The van der Waals surface area contributed by atoms with Crippen molar-refractivity contribution in [1.82, 2.24) is 4.98 Å². The average Bonchev–Trinajstić information content (AvgIpc) is 2.27. The fourth-order valence-electron chi connectivity index (χ4n) is 1.29. The van der Waals surface area contributed by atoms with Gasteiger partial charge in [0.25, 0.3) is 11.9 Å². The number of H-pyrrole nitrogens is 1. The minimum absolute atomic E-state index is 0.434. The fourth-order valence-corrected chi connectivity index (χ4v) is 1.29.